The number of hydrogen-bond donors (Lipinski definition) is 1. The van der Waals surface area contributed by atoms with Crippen molar-refractivity contribution in [3.05, 3.63) is 60.2 Å². The van der Waals surface area contributed by atoms with E-state index in [1.807, 2.05) is 61.5 Å². The Kier molecular flexibility index (Phi) is 3.92. The number of hydrogen-bond acceptors (Lipinski definition) is 3. The van der Waals surface area contributed by atoms with Gasteiger partial charge in [0.1, 0.15) is 6.04 Å². The van der Waals surface area contributed by atoms with E-state index in [0.29, 0.717) is 5.69 Å². The van der Waals surface area contributed by atoms with E-state index in [-0.39, 0.29) is 18.2 Å². The van der Waals surface area contributed by atoms with E-state index in [1.165, 1.54) is 4.90 Å². The molecule has 0 bridgehead atoms. The zero-order chi connectivity index (χ0) is 15.5. The molecule has 2 amide bonds. The summed E-state index contributed by atoms with van der Waals surface area (Å²) >= 11 is 0. The maximum Gasteiger partial charge on any atom is 0.256 e. The van der Waals surface area contributed by atoms with Crippen LogP contribution in [-0.2, 0) is 16.0 Å². The number of rotatable bonds is 4. The number of nitrogens with one attached hydrogen (secondary N) is 1. The lowest BCUT2D eigenvalue weighted by Gasteiger charge is -2.18. The van der Waals surface area contributed by atoms with Crippen molar-refractivity contribution < 1.29 is 9.59 Å². The third kappa shape index (κ3) is 2.60. The van der Waals surface area contributed by atoms with E-state index >= 15 is 0 Å². The van der Waals surface area contributed by atoms with E-state index in [0.717, 1.165) is 17.7 Å². The van der Waals surface area contributed by atoms with Gasteiger partial charge in [0.25, 0.3) is 5.91 Å². The first-order valence-electron chi connectivity index (χ1n) is 7.47. The SMILES string of the molecule is CCc1ccccc1N1C(=O)C[C@@H](Nc2ccccc2)C1=O. The van der Waals surface area contributed by atoms with Crippen molar-refractivity contribution in [2.75, 3.05) is 10.2 Å². The van der Waals surface area contributed by atoms with Crippen LogP contribution in [0.5, 0.6) is 0 Å². The fraction of sp³-hybridized carbons (Fsp3) is 0.222. The van der Waals surface area contributed by atoms with Gasteiger partial charge in [0, 0.05) is 5.69 Å². The number of para-hydroxylation sites is 2. The number of nitrogens with zero attached hydrogens (tertiary/aromatic N) is 1. The summed E-state index contributed by atoms with van der Waals surface area (Å²) < 4.78 is 0. The molecule has 0 unspecified atom stereocenters. The molecule has 0 radical (unpaired) electrons. The summed E-state index contributed by atoms with van der Waals surface area (Å²) in [6, 6.07) is 16.5. The molecule has 1 atom stereocenters. The van der Waals surface area contributed by atoms with Gasteiger partial charge in [0.2, 0.25) is 5.91 Å². The standard InChI is InChI=1S/C18H18N2O2/c1-2-13-8-6-7-11-16(13)20-17(21)12-15(18(20)22)19-14-9-4-3-5-10-14/h3-11,15,19H,2,12H2,1H3/t15-/m1/s1. The van der Waals surface area contributed by atoms with Crippen LogP contribution >= 0.6 is 0 Å². The van der Waals surface area contributed by atoms with Gasteiger partial charge in [-0.05, 0) is 30.2 Å². The molecule has 1 saturated heterocycles. The molecule has 1 heterocycles. The van der Waals surface area contributed by atoms with Gasteiger partial charge < -0.3 is 5.32 Å². The Morgan fingerprint density at radius 1 is 1.05 bits per heavy atom. The van der Waals surface area contributed by atoms with Gasteiger partial charge in [-0.25, -0.2) is 4.90 Å². The average molecular weight is 294 g/mol. The van der Waals surface area contributed by atoms with Crippen LogP contribution in [0, 0.1) is 0 Å². The van der Waals surface area contributed by atoms with Crippen LogP contribution in [0.25, 0.3) is 0 Å². The second kappa shape index (κ2) is 6.02. The lowest BCUT2D eigenvalue weighted by molar-refractivity contribution is -0.121. The third-order valence-electron chi connectivity index (χ3n) is 3.87. The van der Waals surface area contributed by atoms with Crippen molar-refractivity contribution in [2.45, 2.75) is 25.8 Å². The highest BCUT2D eigenvalue weighted by Crippen LogP contribution is 2.28. The summed E-state index contributed by atoms with van der Waals surface area (Å²) in [5.41, 5.74) is 2.56. The average Bonchev–Trinajstić information content (AvgIpc) is 2.82. The number of benzene rings is 2. The summed E-state index contributed by atoms with van der Waals surface area (Å²) in [5, 5.41) is 3.15. The summed E-state index contributed by atoms with van der Waals surface area (Å²) in [7, 11) is 0. The molecule has 4 heteroatoms. The predicted molar refractivity (Wildman–Crippen MR) is 86.8 cm³/mol. The minimum Gasteiger partial charge on any atom is -0.373 e. The third-order valence-corrected chi connectivity index (χ3v) is 3.87. The molecule has 1 aliphatic rings. The van der Waals surface area contributed by atoms with E-state index < -0.39 is 6.04 Å². The minimum absolute atomic E-state index is 0.153. The molecule has 0 spiro atoms. The Balaban J connectivity index is 1.86. The Morgan fingerprint density at radius 2 is 1.73 bits per heavy atom. The molecule has 0 saturated carbocycles. The zero-order valence-electron chi connectivity index (χ0n) is 12.5. The summed E-state index contributed by atoms with van der Waals surface area (Å²) in [6.45, 7) is 2.02. The van der Waals surface area contributed by atoms with Crippen molar-refractivity contribution in [2.24, 2.45) is 0 Å². The zero-order valence-corrected chi connectivity index (χ0v) is 12.5. The maximum atomic E-state index is 12.6. The van der Waals surface area contributed by atoms with E-state index in [9.17, 15) is 9.59 Å². The molecule has 3 rings (SSSR count). The molecule has 112 valence electrons. The number of anilines is 2. The second-order valence-corrected chi connectivity index (χ2v) is 5.32. The van der Waals surface area contributed by atoms with Crippen molar-refractivity contribution >= 4 is 23.2 Å². The van der Waals surface area contributed by atoms with Crippen LogP contribution < -0.4 is 10.2 Å². The van der Waals surface area contributed by atoms with Gasteiger partial charge in [-0.1, -0.05) is 43.3 Å². The molecule has 1 N–H and O–H groups in total. The number of carbonyl (C=O) groups excluding carboxylic acids is 2. The molecular formula is C18H18N2O2. The summed E-state index contributed by atoms with van der Waals surface area (Å²) in [4.78, 5) is 26.3. The van der Waals surface area contributed by atoms with Crippen LogP contribution in [0.15, 0.2) is 54.6 Å². The number of amides is 2. The maximum absolute atomic E-state index is 12.6. The fourth-order valence-electron chi connectivity index (χ4n) is 2.76. The molecule has 22 heavy (non-hydrogen) atoms. The first-order valence-corrected chi connectivity index (χ1v) is 7.47. The minimum atomic E-state index is -0.500. The fourth-order valence-corrected chi connectivity index (χ4v) is 2.76. The van der Waals surface area contributed by atoms with Gasteiger partial charge in [-0.2, -0.15) is 0 Å². The highest BCUT2D eigenvalue weighted by molar-refractivity contribution is 6.23. The van der Waals surface area contributed by atoms with E-state index in [1.54, 1.807) is 0 Å². The highest BCUT2D eigenvalue weighted by atomic mass is 16.2. The van der Waals surface area contributed by atoms with Gasteiger partial charge in [-0.15, -0.1) is 0 Å². The topological polar surface area (TPSA) is 49.4 Å². The Morgan fingerprint density at radius 3 is 2.45 bits per heavy atom. The molecule has 0 aromatic heterocycles. The smallest absolute Gasteiger partial charge is 0.256 e. The Bertz CT molecular complexity index is 697. The predicted octanol–water partition coefficient (Wildman–Crippen LogP) is 2.99. The van der Waals surface area contributed by atoms with Crippen molar-refractivity contribution in [1.29, 1.82) is 0 Å². The molecule has 2 aromatic carbocycles. The molecule has 1 aliphatic heterocycles. The summed E-state index contributed by atoms with van der Waals surface area (Å²) in [5.74, 6) is -0.339. The van der Waals surface area contributed by atoms with Gasteiger partial charge in [0.05, 0.1) is 12.1 Å². The van der Waals surface area contributed by atoms with Crippen LogP contribution in [0.4, 0.5) is 11.4 Å². The molecule has 1 fully saturated rings. The monoisotopic (exact) mass is 294 g/mol. The van der Waals surface area contributed by atoms with Crippen LogP contribution in [0.2, 0.25) is 0 Å². The van der Waals surface area contributed by atoms with Gasteiger partial charge >= 0.3 is 0 Å². The van der Waals surface area contributed by atoms with Crippen LogP contribution in [0.3, 0.4) is 0 Å². The number of carbonyl (C=O) groups is 2. The number of imide groups is 1. The van der Waals surface area contributed by atoms with Crippen molar-refractivity contribution in [3.63, 3.8) is 0 Å². The van der Waals surface area contributed by atoms with E-state index in [2.05, 4.69) is 5.32 Å². The lowest BCUT2D eigenvalue weighted by atomic mass is 10.1. The quantitative estimate of drug-likeness (QED) is 0.882. The molecule has 2 aromatic rings. The second-order valence-electron chi connectivity index (χ2n) is 5.32. The normalized spacial score (nSPS) is 17.9. The van der Waals surface area contributed by atoms with Crippen molar-refractivity contribution in [1.82, 2.24) is 0 Å². The first kappa shape index (κ1) is 14.3. The van der Waals surface area contributed by atoms with Gasteiger partial charge in [-0.3, -0.25) is 9.59 Å². The van der Waals surface area contributed by atoms with Crippen LogP contribution in [-0.4, -0.2) is 17.9 Å². The summed E-state index contributed by atoms with van der Waals surface area (Å²) in [6.07, 6.45) is 0.968. The van der Waals surface area contributed by atoms with Gasteiger partial charge in [0.15, 0.2) is 0 Å². The largest absolute Gasteiger partial charge is 0.373 e. The lowest BCUT2D eigenvalue weighted by Crippen LogP contribution is -2.35. The number of aryl methyl sites for hydroxylation is 1. The highest BCUT2D eigenvalue weighted by Gasteiger charge is 2.40. The Hall–Kier alpha value is -2.62. The van der Waals surface area contributed by atoms with Crippen LogP contribution in [0.1, 0.15) is 18.9 Å². The van der Waals surface area contributed by atoms with E-state index in [4.69, 9.17) is 0 Å². The Labute approximate surface area is 129 Å². The molecular weight excluding hydrogens is 276 g/mol. The molecule has 0 aliphatic carbocycles. The first-order chi connectivity index (χ1) is 10.7. The van der Waals surface area contributed by atoms with Crippen molar-refractivity contribution in [3.8, 4) is 0 Å². The molecule has 4 nitrogen and oxygen atoms in total.